The molecule has 1 saturated heterocycles. The van der Waals surface area contributed by atoms with E-state index in [1.165, 1.54) is 0 Å². The van der Waals surface area contributed by atoms with Crippen LogP contribution in [-0.4, -0.2) is 30.4 Å². The van der Waals surface area contributed by atoms with E-state index in [4.69, 9.17) is 4.74 Å². The number of carbonyl (C=O) groups is 2. The van der Waals surface area contributed by atoms with Gasteiger partial charge in [-0.1, -0.05) is 27.7 Å². The SMILES string of the molecule is CCC1OCC(=O)C1NC(=O)CCCC(C)C(C)C. The molecule has 0 saturated carbocycles. The van der Waals surface area contributed by atoms with Crippen LogP contribution in [0.15, 0.2) is 0 Å². The molecule has 0 aliphatic carbocycles. The lowest BCUT2D eigenvalue weighted by Gasteiger charge is -2.18. The predicted molar refractivity (Wildman–Crippen MR) is 74.8 cm³/mol. The van der Waals surface area contributed by atoms with Gasteiger partial charge in [0.2, 0.25) is 5.91 Å². The van der Waals surface area contributed by atoms with E-state index in [2.05, 4.69) is 26.1 Å². The number of hydrogen-bond donors (Lipinski definition) is 1. The molecule has 0 aromatic carbocycles. The van der Waals surface area contributed by atoms with Crippen molar-refractivity contribution in [2.45, 2.75) is 65.5 Å². The molecular formula is C15H27NO3. The summed E-state index contributed by atoms with van der Waals surface area (Å²) >= 11 is 0. The van der Waals surface area contributed by atoms with Crippen LogP contribution in [0.2, 0.25) is 0 Å². The third-order valence-electron chi connectivity index (χ3n) is 4.08. The Kier molecular flexibility index (Phi) is 6.49. The molecule has 0 aromatic heterocycles. The molecule has 1 heterocycles. The molecule has 19 heavy (non-hydrogen) atoms. The summed E-state index contributed by atoms with van der Waals surface area (Å²) in [5.41, 5.74) is 0. The molecule has 1 aliphatic heterocycles. The monoisotopic (exact) mass is 269 g/mol. The van der Waals surface area contributed by atoms with Crippen LogP contribution >= 0.6 is 0 Å². The van der Waals surface area contributed by atoms with E-state index < -0.39 is 6.04 Å². The van der Waals surface area contributed by atoms with Crippen molar-refractivity contribution in [3.8, 4) is 0 Å². The van der Waals surface area contributed by atoms with Crippen molar-refractivity contribution in [2.75, 3.05) is 6.61 Å². The maximum Gasteiger partial charge on any atom is 0.220 e. The van der Waals surface area contributed by atoms with Crippen molar-refractivity contribution in [3.63, 3.8) is 0 Å². The zero-order valence-corrected chi connectivity index (χ0v) is 12.6. The van der Waals surface area contributed by atoms with Gasteiger partial charge in [0.15, 0.2) is 5.78 Å². The molecule has 1 rings (SSSR count). The van der Waals surface area contributed by atoms with Gasteiger partial charge in [-0.2, -0.15) is 0 Å². The van der Waals surface area contributed by atoms with E-state index in [-0.39, 0.29) is 24.4 Å². The molecule has 4 nitrogen and oxygen atoms in total. The third-order valence-corrected chi connectivity index (χ3v) is 4.08. The van der Waals surface area contributed by atoms with E-state index in [0.717, 1.165) is 19.3 Å². The molecule has 4 heteroatoms. The first-order valence-corrected chi connectivity index (χ1v) is 7.39. The van der Waals surface area contributed by atoms with Gasteiger partial charge in [0.1, 0.15) is 12.6 Å². The highest BCUT2D eigenvalue weighted by atomic mass is 16.5. The van der Waals surface area contributed by atoms with Crippen LogP contribution < -0.4 is 5.32 Å². The van der Waals surface area contributed by atoms with Gasteiger partial charge in [-0.15, -0.1) is 0 Å². The minimum absolute atomic E-state index is 0.00394. The Labute approximate surface area is 116 Å². The largest absolute Gasteiger partial charge is 0.368 e. The molecule has 1 fully saturated rings. The average molecular weight is 269 g/mol. The molecule has 0 aromatic rings. The third kappa shape index (κ3) is 4.94. The topological polar surface area (TPSA) is 55.4 Å². The van der Waals surface area contributed by atoms with Crippen LogP contribution in [0.4, 0.5) is 0 Å². The molecule has 1 N–H and O–H groups in total. The Morgan fingerprint density at radius 3 is 2.68 bits per heavy atom. The number of hydrogen-bond acceptors (Lipinski definition) is 3. The fraction of sp³-hybridized carbons (Fsp3) is 0.867. The van der Waals surface area contributed by atoms with E-state index in [1.807, 2.05) is 6.92 Å². The minimum Gasteiger partial charge on any atom is -0.368 e. The van der Waals surface area contributed by atoms with Crippen molar-refractivity contribution in [1.29, 1.82) is 0 Å². The van der Waals surface area contributed by atoms with E-state index in [0.29, 0.717) is 18.3 Å². The van der Waals surface area contributed by atoms with E-state index in [1.54, 1.807) is 0 Å². The van der Waals surface area contributed by atoms with Crippen LogP contribution in [0, 0.1) is 11.8 Å². The molecule has 0 spiro atoms. The molecular weight excluding hydrogens is 242 g/mol. The van der Waals surface area contributed by atoms with Crippen LogP contribution in [0.25, 0.3) is 0 Å². The Bertz CT molecular complexity index is 315. The number of nitrogens with one attached hydrogen (secondary N) is 1. The van der Waals surface area contributed by atoms with Gasteiger partial charge in [-0.3, -0.25) is 9.59 Å². The van der Waals surface area contributed by atoms with Gasteiger partial charge in [-0.25, -0.2) is 0 Å². The Hall–Kier alpha value is -0.900. The number of amides is 1. The van der Waals surface area contributed by atoms with Crippen LogP contribution in [0.1, 0.15) is 53.4 Å². The Balaban J connectivity index is 2.29. The lowest BCUT2D eigenvalue weighted by atomic mass is 9.92. The highest BCUT2D eigenvalue weighted by Gasteiger charge is 2.35. The first kappa shape index (κ1) is 16.2. The summed E-state index contributed by atoms with van der Waals surface area (Å²) in [6, 6.07) is -0.431. The fourth-order valence-electron chi connectivity index (χ4n) is 2.27. The van der Waals surface area contributed by atoms with E-state index >= 15 is 0 Å². The molecule has 0 radical (unpaired) electrons. The number of ketones is 1. The summed E-state index contributed by atoms with van der Waals surface area (Å²) in [7, 11) is 0. The van der Waals surface area contributed by atoms with Gasteiger partial charge in [0.05, 0.1) is 6.10 Å². The molecule has 110 valence electrons. The first-order valence-electron chi connectivity index (χ1n) is 7.39. The molecule has 1 aliphatic rings. The van der Waals surface area contributed by atoms with Gasteiger partial charge in [-0.05, 0) is 31.1 Å². The number of ether oxygens (including phenoxy) is 1. The number of Topliss-reactive ketones (excluding diaryl/α,β-unsaturated/α-hetero) is 1. The zero-order chi connectivity index (χ0) is 14.4. The van der Waals surface area contributed by atoms with Crippen molar-refractivity contribution in [3.05, 3.63) is 0 Å². The predicted octanol–water partition coefficient (Wildman–Crippen LogP) is 2.31. The van der Waals surface area contributed by atoms with Crippen LogP contribution in [0.5, 0.6) is 0 Å². The van der Waals surface area contributed by atoms with Gasteiger partial charge < -0.3 is 10.1 Å². The second-order valence-corrected chi connectivity index (χ2v) is 5.88. The summed E-state index contributed by atoms with van der Waals surface area (Å²) < 4.78 is 5.34. The van der Waals surface area contributed by atoms with Crippen LogP contribution in [-0.2, 0) is 14.3 Å². The van der Waals surface area contributed by atoms with Crippen LogP contribution in [0.3, 0.4) is 0 Å². The summed E-state index contributed by atoms with van der Waals surface area (Å²) in [5.74, 6) is 1.25. The highest BCUT2D eigenvalue weighted by Crippen LogP contribution is 2.17. The summed E-state index contributed by atoms with van der Waals surface area (Å²) in [5, 5.41) is 2.82. The van der Waals surface area contributed by atoms with Gasteiger partial charge in [0, 0.05) is 6.42 Å². The number of carbonyl (C=O) groups excluding carboxylic acids is 2. The summed E-state index contributed by atoms with van der Waals surface area (Å²) in [6.45, 7) is 8.71. The molecule has 3 unspecified atom stereocenters. The normalized spacial score (nSPS) is 24.8. The quantitative estimate of drug-likeness (QED) is 0.771. The number of rotatable bonds is 7. The minimum atomic E-state index is -0.431. The van der Waals surface area contributed by atoms with E-state index in [9.17, 15) is 9.59 Å². The average Bonchev–Trinajstić information content (AvgIpc) is 2.70. The smallest absolute Gasteiger partial charge is 0.220 e. The Morgan fingerprint density at radius 2 is 2.11 bits per heavy atom. The lowest BCUT2D eigenvalue weighted by Crippen LogP contribution is -2.44. The first-order chi connectivity index (χ1) is 8.95. The highest BCUT2D eigenvalue weighted by molar-refractivity contribution is 5.91. The van der Waals surface area contributed by atoms with Gasteiger partial charge >= 0.3 is 0 Å². The zero-order valence-electron chi connectivity index (χ0n) is 12.6. The van der Waals surface area contributed by atoms with Crippen molar-refractivity contribution in [2.24, 2.45) is 11.8 Å². The molecule has 0 bridgehead atoms. The lowest BCUT2D eigenvalue weighted by molar-refractivity contribution is -0.126. The van der Waals surface area contributed by atoms with Crippen molar-refractivity contribution < 1.29 is 14.3 Å². The second-order valence-electron chi connectivity index (χ2n) is 5.88. The second kappa shape index (κ2) is 7.63. The molecule has 3 atom stereocenters. The standard InChI is InChI=1S/C15H27NO3/c1-5-13-15(12(17)9-19-13)16-14(18)8-6-7-11(4)10(2)3/h10-11,13,15H,5-9H2,1-4H3,(H,16,18). The summed E-state index contributed by atoms with van der Waals surface area (Å²) in [4.78, 5) is 23.4. The Morgan fingerprint density at radius 1 is 1.42 bits per heavy atom. The maximum atomic E-state index is 11.8. The van der Waals surface area contributed by atoms with Gasteiger partial charge in [0.25, 0.3) is 0 Å². The summed E-state index contributed by atoms with van der Waals surface area (Å²) in [6.07, 6.45) is 3.03. The molecule has 1 amide bonds. The van der Waals surface area contributed by atoms with Crippen molar-refractivity contribution >= 4 is 11.7 Å². The van der Waals surface area contributed by atoms with Crippen molar-refractivity contribution in [1.82, 2.24) is 5.32 Å². The maximum absolute atomic E-state index is 11.8. The fourth-order valence-corrected chi connectivity index (χ4v) is 2.27.